The van der Waals surface area contributed by atoms with Gasteiger partial charge < -0.3 is 10.1 Å². The van der Waals surface area contributed by atoms with Crippen LogP contribution in [0.2, 0.25) is 5.02 Å². The molecule has 134 valence electrons. The smallest absolute Gasteiger partial charge is 0.266 e. The number of aromatic nitrogens is 4. The first-order valence-electron chi connectivity index (χ1n) is 7.86. The maximum atomic E-state index is 11.9. The Morgan fingerprint density at radius 2 is 2.04 bits per heavy atom. The monoisotopic (exact) mass is 373 g/mol. The zero-order chi connectivity index (χ0) is 18.4. The molecule has 9 heteroatoms. The third-order valence-corrected chi connectivity index (χ3v) is 3.75. The summed E-state index contributed by atoms with van der Waals surface area (Å²) >= 11 is 5.96. The zero-order valence-electron chi connectivity index (χ0n) is 13.7. The highest BCUT2D eigenvalue weighted by Gasteiger charge is 2.06. The van der Waals surface area contributed by atoms with Gasteiger partial charge in [-0.05, 0) is 24.3 Å². The summed E-state index contributed by atoms with van der Waals surface area (Å²) in [7, 11) is 0. The van der Waals surface area contributed by atoms with Gasteiger partial charge in [-0.15, -0.1) is 5.10 Å². The van der Waals surface area contributed by atoms with E-state index in [1.807, 2.05) is 0 Å². The Morgan fingerprint density at radius 1 is 1.19 bits per heavy atom. The van der Waals surface area contributed by atoms with Gasteiger partial charge in [0.25, 0.3) is 11.5 Å². The molecule has 0 radical (unpaired) electrons. The number of nitrogens with one attached hydrogen (secondary N) is 1. The Bertz CT molecular complexity index is 940. The predicted octanol–water partition coefficient (Wildman–Crippen LogP) is 1.28. The van der Waals surface area contributed by atoms with Gasteiger partial charge in [0.1, 0.15) is 5.75 Å². The molecule has 3 aromatic rings. The lowest BCUT2D eigenvalue weighted by atomic mass is 10.3. The Balaban J connectivity index is 1.51. The van der Waals surface area contributed by atoms with Gasteiger partial charge in [-0.3, -0.25) is 9.59 Å². The molecule has 0 aliphatic carbocycles. The minimum atomic E-state index is -0.318. The standard InChI is InChI=1S/C17H16ClN5O3/c18-13-4-1-2-5-14(13)26-12-16(24)19-9-11-23-17(25)7-6-15(21-23)22-10-3-8-20-22/h1-8,10H,9,11-12H2,(H,19,24). The molecule has 0 unspecified atom stereocenters. The van der Waals surface area contributed by atoms with Crippen LogP contribution >= 0.6 is 11.6 Å². The lowest BCUT2D eigenvalue weighted by molar-refractivity contribution is -0.123. The van der Waals surface area contributed by atoms with Crippen molar-refractivity contribution in [2.75, 3.05) is 13.2 Å². The number of para-hydroxylation sites is 1. The van der Waals surface area contributed by atoms with Crippen molar-refractivity contribution in [2.45, 2.75) is 6.54 Å². The second-order valence-corrected chi connectivity index (χ2v) is 5.68. The molecule has 3 rings (SSSR count). The second-order valence-electron chi connectivity index (χ2n) is 5.27. The largest absolute Gasteiger partial charge is 0.482 e. The van der Waals surface area contributed by atoms with Crippen LogP contribution in [-0.2, 0) is 11.3 Å². The lowest BCUT2D eigenvalue weighted by Crippen LogP contribution is -2.34. The molecule has 0 fully saturated rings. The van der Waals surface area contributed by atoms with E-state index in [2.05, 4.69) is 15.5 Å². The van der Waals surface area contributed by atoms with Gasteiger partial charge in [0.05, 0.1) is 11.6 Å². The fourth-order valence-corrected chi connectivity index (χ4v) is 2.37. The first kappa shape index (κ1) is 17.7. The molecule has 0 saturated heterocycles. The van der Waals surface area contributed by atoms with E-state index < -0.39 is 0 Å². The average molecular weight is 374 g/mol. The minimum Gasteiger partial charge on any atom is -0.482 e. The van der Waals surface area contributed by atoms with E-state index >= 15 is 0 Å². The number of amides is 1. The molecule has 0 saturated carbocycles. The Hall–Kier alpha value is -3.13. The van der Waals surface area contributed by atoms with Crippen LogP contribution in [0.25, 0.3) is 5.82 Å². The Kier molecular flexibility index (Phi) is 5.65. The van der Waals surface area contributed by atoms with Crippen molar-refractivity contribution >= 4 is 17.5 Å². The maximum absolute atomic E-state index is 11.9. The molecule has 0 atom stereocenters. The second kappa shape index (κ2) is 8.30. The molecular formula is C17H16ClN5O3. The van der Waals surface area contributed by atoms with Crippen LogP contribution in [0, 0.1) is 0 Å². The third kappa shape index (κ3) is 4.48. The SMILES string of the molecule is O=C(COc1ccccc1Cl)NCCn1nc(-n2cccn2)ccc1=O. The number of carbonyl (C=O) groups excluding carboxylic acids is 1. The van der Waals surface area contributed by atoms with E-state index in [-0.39, 0.29) is 31.2 Å². The molecule has 2 aromatic heterocycles. The van der Waals surface area contributed by atoms with Crippen molar-refractivity contribution in [1.82, 2.24) is 24.9 Å². The summed E-state index contributed by atoms with van der Waals surface area (Å²) in [5.74, 6) is 0.637. The highest BCUT2D eigenvalue weighted by molar-refractivity contribution is 6.32. The molecule has 1 aromatic carbocycles. The van der Waals surface area contributed by atoms with Crippen LogP contribution in [0.3, 0.4) is 0 Å². The molecule has 0 bridgehead atoms. The average Bonchev–Trinajstić information content (AvgIpc) is 3.17. The number of hydrogen-bond acceptors (Lipinski definition) is 5. The van der Waals surface area contributed by atoms with E-state index in [4.69, 9.17) is 16.3 Å². The molecule has 1 amide bonds. The number of rotatable bonds is 7. The van der Waals surface area contributed by atoms with Gasteiger partial charge in [0.2, 0.25) is 0 Å². The van der Waals surface area contributed by atoms with E-state index in [9.17, 15) is 9.59 Å². The third-order valence-electron chi connectivity index (χ3n) is 3.43. The predicted molar refractivity (Wildman–Crippen MR) is 95.6 cm³/mol. The van der Waals surface area contributed by atoms with Gasteiger partial charge in [-0.1, -0.05) is 23.7 Å². The molecule has 26 heavy (non-hydrogen) atoms. The van der Waals surface area contributed by atoms with E-state index in [0.717, 1.165) is 0 Å². The van der Waals surface area contributed by atoms with Crippen LogP contribution in [0.5, 0.6) is 5.75 Å². The number of benzene rings is 1. The Labute approximate surface area is 154 Å². The first-order chi connectivity index (χ1) is 12.6. The number of nitrogens with zero attached hydrogens (tertiary/aromatic N) is 4. The number of hydrogen-bond donors (Lipinski definition) is 1. The Morgan fingerprint density at radius 3 is 2.81 bits per heavy atom. The minimum absolute atomic E-state index is 0.167. The highest BCUT2D eigenvalue weighted by atomic mass is 35.5. The van der Waals surface area contributed by atoms with Crippen LogP contribution < -0.4 is 15.6 Å². The van der Waals surface area contributed by atoms with Crippen molar-refractivity contribution < 1.29 is 9.53 Å². The van der Waals surface area contributed by atoms with Crippen LogP contribution in [0.15, 0.2) is 59.7 Å². The molecule has 1 N–H and O–H groups in total. The molecule has 8 nitrogen and oxygen atoms in total. The normalized spacial score (nSPS) is 10.5. The van der Waals surface area contributed by atoms with E-state index in [1.165, 1.54) is 10.7 Å². The quantitative estimate of drug-likeness (QED) is 0.673. The van der Waals surface area contributed by atoms with Crippen molar-refractivity contribution in [1.29, 1.82) is 0 Å². The summed E-state index contributed by atoms with van der Waals surface area (Å²) in [5.41, 5.74) is -0.262. The summed E-state index contributed by atoms with van der Waals surface area (Å²) in [6.07, 6.45) is 3.35. The van der Waals surface area contributed by atoms with Gasteiger partial charge in [-0.25, -0.2) is 9.36 Å². The molecule has 0 aliphatic rings. The highest BCUT2D eigenvalue weighted by Crippen LogP contribution is 2.22. The van der Waals surface area contributed by atoms with Gasteiger partial charge in [-0.2, -0.15) is 5.10 Å². The van der Waals surface area contributed by atoms with Crippen molar-refractivity contribution in [2.24, 2.45) is 0 Å². The van der Waals surface area contributed by atoms with Crippen LogP contribution in [0.4, 0.5) is 0 Å². The van der Waals surface area contributed by atoms with Crippen molar-refractivity contribution in [3.63, 3.8) is 0 Å². The number of halogens is 1. The summed E-state index contributed by atoms with van der Waals surface area (Å²) in [4.78, 5) is 23.7. The van der Waals surface area contributed by atoms with E-state index in [0.29, 0.717) is 16.6 Å². The molecule has 0 spiro atoms. The van der Waals surface area contributed by atoms with E-state index in [1.54, 1.807) is 53.5 Å². The fourth-order valence-electron chi connectivity index (χ4n) is 2.18. The van der Waals surface area contributed by atoms with Crippen molar-refractivity contribution in [3.05, 3.63) is 70.2 Å². The molecular weight excluding hydrogens is 358 g/mol. The van der Waals surface area contributed by atoms with Gasteiger partial charge in [0.15, 0.2) is 12.4 Å². The number of ether oxygens (including phenoxy) is 1. The first-order valence-corrected chi connectivity index (χ1v) is 8.23. The summed E-state index contributed by atoms with van der Waals surface area (Å²) in [5, 5.41) is 11.4. The number of carbonyl (C=O) groups is 1. The topological polar surface area (TPSA) is 91.0 Å². The lowest BCUT2D eigenvalue weighted by Gasteiger charge is -2.10. The van der Waals surface area contributed by atoms with Crippen LogP contribution in [0.1, 0.15) is 0 Å². The maximum Gasteiger partial charge on any atom is 0.266 e. The van der Waals surface area contributed by atoms with Crippen molar-refractivity contribution in [3.8, 4) is 11.6 Å². The fraction of sp³-hybridized carbons (Fsp3) is 0.176. The van der Waals surface area contributed by atoms with Crippen LogP contribution in [-0.4, -0.2) is 38.6 Å². The summed E-state index contributed by atoms with van der Waals surface area (Å²) in [6, 6.07) is 11.7. The zero-order valence-corrected chi connectivity index (χ0v) is 14.5. The summed E-state index contributed by atoms with van der Waals surface area (Å²) < 4.78 is 8.17. The molecule has 0 aliphatic heterocycles. The van der Waals surface area contributed by atoms with Gasteiger partial charge >= 0.3 is 0 Å². The molecule has 2 heterocycles. The summed E-state index contributed by atoms with van der Waals surface area (Å²) in [6.45, 7) is 0.297. The van der Waals surface area contributed by atoms with Gasteiger partial charge in [0, 0.05) is 25.0 Å².